The third-order valence-electron chi connectivity index (χ3n) is 1.47. The monoisotopic (exact) mass is 184 g/mol. The van der Waals surface area contributed by atoms with Gasteiger partial charge in [-0.3, -0.25) is 0 Å². The van der Waals surface area contributed by atoms with Gasteiger partial charge >= 0.3 is 5.97 Å². The molecule has 72 valence electrons. The molecule has 0 aromatic carbocycles. The molecule has 0 aliphatic carbocycles. The van der Waals surface area contributed by atoms with E-state index in [9.17, 15) is 18.0 Å². The van der Waals surface area contributed by atoms with Gasteiger partial charge in [0, 0.05) is 5.92 Å². The molecule has 0 N–H and O–H groups in total. The molecule has 0 spiro atoms. The third-order valence-corrected chi connectivity index (χ3v) is 1.47. The Morgan fingerprint density at radius 2 is 1.92 bits per heavy atom. The van der Waals surface area contributed by atoms with Crippen molar-refractivity contribution in [2.75, 3.05) is 7.11 Å². The minimum absolute atomic E-state index is 0.496. The average molecular weight is 184 g/mol. The predicted molar refractivity (Wildman–Crippen MR) is 36.7 cm³/mol. The van der Waals surface area contributed by atoms with Gasteiger partial charge in [0.05, 0.1) is 7.11 Å². The van der Waals surface area contributed by atoms with Crippen molar-refractivity contribution in [2.45, 2.75) is 25.9 Å². The van der Waals surface area contributed by atoms with E-state index in [0.717, 1.165) is 7.11 Å². The van der Waals surface area contributed by atoms with Crippen molar-refractivity contribution < 1.29 is 22.7 Å². The molecule has 5 heteroatoms. The van der Waals surface area contributed by atoms with Gasteiger partial charge in [-0.2, -0.15) is 0 Å². The topological polar surface area (TPSA) is 26.3 Å². The fourth-order valence-electron chi connectivity index (χ4n) is 0.653. The van der Waals surface area contributed by atoms with Crippen molar-refractivity contribution in [1.82, 2.24) is 0 Å². The standard InChI is InChI=1S/C7H11F3O2/c1-4(6(9)10)3-5(8)7(11)12-2/h4-6H,3H2,1-2H3. The highest BCUT2D eigenvalue weighted by molar-refractivity contribution is 5.74. The Bertz CT molecular complexity index is 150. The largest absolute Gasteiger partial charge is 0.467 e. The van der Waals surface area contributed by atoms with Crippen LogP contribution in [0.25, 0.3) is 0 Å². The average Bonchev–Trinajstić information content (AvgIpc) is 2.02. The summed E-state index contributed by atoms with van der Waals surface area (Å²) in [4.78, 5) is 10.4. The Balaban J connectivity index is 3.83. The van der Waals surface area contributed by atoms with Crippen molar-refractivity contribution in [3.8, 4) is 0 Å². The molecule has 0 amide bonds. The van der Waals surface area contributed by atoms with Crippen LogP contribution in [0.15, 0.2) is 0 Å². The van der Waals surface area contributed by atoms with E-state index in [2.05, 4.69) is 4.74 Å². The van der Waals surface area contributed by atoms with Crippen molar-refractivity contribution in [2.24, 2.45) is 5.92 Å². The van der Waals surface area contributed by atoms with E-state index in [1.807, 2.05) is 0 Å². The van der Waals surface area contributed by atoms with Crippen LogP contribution in [-0.4, -0.2) is 25.7 Å². The fraction of sp³-hybridized carbons (Fsp3) is 0.857. The number of ether oxygens (including phenoxy) is 1. The zero-order valence-corrected chi connectivity index (χ0v) is 6.89. The second-order valence-electron chi connectivity index (χ2n) is 2.54. The minimum atomic E-state index is -2.60. The first kappa shape index (κ1) is 11.3. The van der Waals surface area contributed by atoms with Gasteiger partial charge in [0.1, 0.15) is 0 Å². The molecule has 0 aromatic heterocycles. The lowest BCUT2D eigenvalue weighted by Gasteiger charge is -2.11. The smallest absolute Gasteiger partial charge is 0.340 e. The summed E-state index contributed by atoms with van der Waals surface area (Å²) in [6.45, 7) is 1.18. The van der Waals surface area contributed by atoms with Crippen LogP contribution in [0, 0.1) is 5.92 Å². The predicted octanol–water partition coefficient (Wildman–Crippen LogP) is 1.79. The van der Waals surface area contributed by atoms with Crippen molar-refractivity contribution in [3.05, 3.63) is 0 Å². The first-order chi connectivity index (χ1) is 5.49. The molecule has 2 atom stereocenters. The quantitative estimate of drug-likeness (QED) is 0.622. The van der Waals surface area contributed by atoms with Crippen LogP contribution in [0.2, 0.25) is 0 Å². The Kier molecular flexibility index (Phi) is 4.70. The summed E-state index contributed by atoms with van der Waals surface area (Å²) in [7, 11) is 1.02. The van der Waals surface area contributed by atoms with Crippen LogP contribution in [0.4, 0.5) is 13.2 Å². The molecule has 0 aliphatic rings. The number of alkyl halides is 3. The number of esters is 1. The molecule has 12 heavy (non-hydrogen) atoms. The zero-order valence-electron chi connectivity index (χ0n) is 6.89. The summed E-state index contributed by atoms with van der Waals surface area (Å²) in [5.74, 6) is -2.22. The lowest BCUT2D eigenvalue weighted by atomic mass is 10.1. The Labute approximate surface area is 68.7 Å². The van der Waals surface area contributed by atoms with Crippen molar-refractivity contribution in [1.29, 1.82) is 0 Å². The highest BCUT2D eigenvalue weighted by Crippen LogP contribution is 2.17. The summed E-state index contributed by atoms with van der Waals surface area (Å²) in [5.41, 5.74) is 0. The van der Waals surface area contributed by atoms with E-state index >= 15 is 0 Å². The molecule has 0 bridgehead atoms. The molecule has 0 saturated heterocycles. The normalized spacial score (nSPS) is 15.8. The number of carbonyl (C=O) groups is 1. The number of hydrogen-bond acceptors (Lipinski definition) is 2. The van der Waals surface area contributed by atoms with Crippen LogP contribution in [0.1, 0.15) is 13.3 Å². The lowest BCUT2D eigenvalue weighted by Crippen LogP contribution is -2.22. The van der Waals surface area contributed by atoms with E-state index in [0.29, 0.717) is 0 Å². The summed E-state index contributed by atoms with van der Waals surface area (Å²) < 4.78 is 40.3. The molecule has 2 unspecified atom stereocenters. The van der Waals surface area contributed by atoms with Gasteiger partial charge in [-0.15, -0.1) is 0 Å². The van der Waals surface area contributed by atoms with E-state index in [1.54, 1.807) is 0 Å². The van der Waals surface area contributed by atoms with Gasteiger partial charge in [0.15, 0.2) is 6.17 Å². The van der Waals surface area contributed by atoms with Crippen molar-refractivity contribution >= 4 is 5.97 Å². The first-order valence-electron chi connectivity index (χ1n) is 3.49. The van der Waals surface area contributed by atoms with Crippen LogP contribution >= 0.6 is 0 Å². The molecule has 0 heterocycles. The second-order valence-corrected chi connectivity index (χ2v) is 2.54. The number of methoxy groups -OCH3 is 1. The molecule has 0 saturated carbocycles. The molecule has 0 aromatic rings. The molecule has 0 fully saturated rings. The van der Waals surface area contributed by atoms with Gasteiger partial charge in [0.2, 0.25) is 6.43 Å². The van der Waals surface area contributed by atoms with Crippen LogP contribution in [0.5, 0.6) is 0 Å². The summed E-state index contributed by atoms with van der Waals surface area (Å²) in [5, 5.41) is 0. The second kappa shape index (κ2) is 5.00. The number of rotatable bonds is 4. The van der Waals surface area contributed by atoms with Gasteiger partial charge in [0.25, 0.3) is 0 Å². The molecule has 0 aliphatic heterocycles. The van der Waals surface area contributed by atoms with Gasteiger partial charge in [-0.1, -0.05) is 6.92 Å². The Morgan fingerprint density at radius 1 is 1.42 bits per heavy atom. The number of hydrogen-bond donors (Lipinski definition) is 0. The molecular formula is C7H11F3O2. The molecule has 2 nitrogen and oxygen atoms in total. The third kappa shape index (κ3) is 3.59. The zero-order chi connectivity index (χ0) is 9.72. The van der Waals surface area contributed by atoms with Gasteiger partial charge < -0.3 is 4.74 Å². The molecular weight excluding hydrogens is 173 g/mol. The summed E-state index contributed by atoms with van der Waals surface area (Å²) >= 11 is 0. The Morgan fingerprint density at radius 3 is 2.25 bits per heavy atom. The highest BCUT2D eigenvalue weighted by atomic mass is 19.3. The summed E-state index contributed by atoms with van der Waals surface area (Å²) in [6.07, 6.45) is -5.04. The number of carbonyl (C=O) groups excluding carboxylic acids is 1. The minimum Gasteiger partial charge on any atom is -0.467 e. The molecule has 0 radical (unpaired) electrons. The maximum Gasteiger partial charge on any atom is 0.340 e. The highest BCUT2D eigenvalue weighted by Gasteiger charge is 2.25. The van der Waals surface area contributed by atoms with E-state index in [-0.39, 0.29) is 0 Å². The van der Waals surface area contributed by atoms with Gasteiger partial charge in [-0.05, 0) is 6.42 Å². The first-order valence-corrected chi connectivity index (χ1v) is 3.49. The summed E-state index contributed by atoms with van der Waals surface area (Å²) in [6, 6.07) is 0. The maximum atomic E-state index is 12.6. The Hall–Kier alpha value is -0.740. The van der Waals surface area contributed by atoms with E-state index in [4.69, 9.17) is 0 Å². The maximum absolute atomic E-state index is 12.6. The SMILES string of the molecule is COC(=O)C(F)CC(C)C(F)F. The molecule has 0 rings (SSSR count). The van der Waals surface area contributed by atoms with E-state index < -0.39 is 30.9 Å². The van der Waals surface area contributed by atoms with Crippen LogP contribution in [-0.2, 0) is 9.53 Å². The van der Waals surface area contributed by atoms with Crippen LogP contribution < -0.4 is 0 Å². The van der Waals surface area contributed by atoms with Crippen molar-refractivity contribution in [3.63, 3.8) is 0 Å². The number of halogens is 3. The van der Waals surface area contributed by atoms with Gasteiger partial charge in [-0.25, -0.2) is 18.0 Å². The fourth-order valence-corrected chi connectivity index (χ4v) is 0.653. The van der Waals surface area contributed by atoms with Crippen LogP contribution in [0.3, 0.4) is 0 Å². The van der Waals surface area contributed by atoms with E-state index in [1.165, 1.54) is 6.92 Å². The lowest BCUT2D eigenvalue weighted by molar-refractivity contribution is -0.147.